The van der Waals surface area contributed by atoms with Crippen LogP contribution in [-0.2, 0) is 6.54 Å². The highest BCUT2D eigenvalue weighted by atomic mass is 79.9. The number of pyridine rings is 1. The van der Waals surface area contributed by atoms with E-state index in [0.29, 0.717) is 5.56 Å². The van der Waals surface area contributed by atoms with Gasteiger partial charge >= 0.3 is 0 Å². The molecular weight excluding hydrogens is 297 g/mol. The van der Waals surface area contributed by atoms with Crippen molar-refractivity contribution in [2.24, 2.45) is 0 Å². The van der Waals surface area contributed by atoms with E-state index in [9.17, 15) is 9.18 Å². The van der Waals surface area contributed by atoms with Crippen LogP contribution >= 0.6 is 0 Å². The van der Waals surface area contributed by atoms with E-state index in [0.717, 1.165) is 5.56 Å². The highest BCUT2D eigenvalue weighted by Crippen LogP contribution is 2.03. The molecule has 2 rings (SSSR count). The zero-order chi connectivity index (χ0) is 12.3. The lowest BCUT2D eigenvalue weighted by Crippen LogP contribution is -3.00. The maximum absolute atomic E-state index is 12.7. The molecule has 0 spiro atoms. The van der Waals surface area contributed by atoms with E-state index in [1.165, 1.54) is 24.3 Å². The molecule has 2 aromatic rings. The summed E-state index contributed by atoms with van der Waals surface area (Å²) in [5, 5.41) is 0. The SMILES string of the molecule is Cc1ccc[n+](CC(=O)c2ccc(F)cc2)c1.[Br-]. The van der Waals surface area contributed by atoms with Gasteiger partial charge in [-0.15, -0.1) is 0 Å². The molecule has 1 aromatic heterocycles. The summed E-state index contributed by atoms with van der Waals surface area (Å²) in [7, 11) is 0. The standard InChI is InChI=1S/C14H13FNO.BrH/c1-11-3-2-8-16(9-11)10-14(17)12-4-6-13(15)7-5-12;/h2-9H,10H2,1H3;1H/q+1;/p-1. The molecule has 0 N–H and O–H groups in total. The molecule has 0 saturated carbocycles. The number of aryl methyl sites for hydroxylation is 1. The van der Waals surface area contributed by atoms with Crippen molar-refractivity contribution in [1.82, 2.24) is 0 Å². The largest absolute Gasteiger partial charge is 1.00 e. The van der Waals surface area contributed by atoms with E-state index in [4.69, 9.17) is 0 Å². The third-order valence-electron chi connectivity index (χ3n) is 2.50. The fourth-order valence-corrected chi connectivity index (χ4v) is 1.64. The van der Waals surface area contributed by atoms with Gasteiger partial charge in [-0.25, -0.2) is 4.39 Å². The van der Waals surface area contributed by atoms with Crippen LogP contribution in [-0.4, -0.2) is 5.78 Å². The van der Waals surface area contributed by atoms with E-state index in [1.807, 2.05) is 36.0 Å². The number of carbonyl (C=O) groups is 1. The Kier molecular flexibility index (Phi) is 5.16. The normalized spacial score (nSPS) is 9.67. The number of Topliss-reactive ketones (excluding diaryl/α,β-unsaturated/α-hetero) is 1. The van der Waals surface area contributed by atoms with Gasteiger partial charge in [-0.05, 0) is 37.3 Å². The molecule has 0 unspecified atom stereocenters. The van der Waals surface area contributed by atoms with Crippen LogP contribution in [0.3, 0.4) is 0 Å². The number of rotatable bonds is 3. The predicted octanol–water partition coefficient (Wildman–Crippen LogP) is -0.691. The molecule has 0 radical (unpaired) electrons. The number of benzene rings is 1. The first-order valence-corrected chi connectivity index (χ1v) is 5.39. The highest BCUT2D eigenvalue weighted by molar-refractivity contribution is 5.94. The summed E-state index contributed by atoms with van der Waals surface area (Å²) in [5.74, 6) is -0.356. The second kappa shape index (κ2) is 6.40. The molecular formula is C14H13BrFNO. The molecule has 1 heterocycles. The average Bonchev–Trinajstić information content (AvgIpc) is 2.29. The molecule has 18 heavy (non-hydrogen) atoms. The van der Waals surface area contributed by atoms with Gasteiger partial charge in [0.05, 0.1) is 0 Å². The van der Waals surface area contributed by atoms with Crippen molar-refractivity contribution in [3.63, 3.8) is 0 Å². The van der Waals surface area contributed by atoms with Crippen LogP contribution < -0.4 is 21.5 Å². The number of aromatic nitrogens is 1. The number of halogens is 2. The second-order valence-corrected chi connectivity index (χ2v) is 3.98. The van der Waals surface area contributed by atoms with E-state index in [1.54, 1.807) is 0 Å². The third-order valence-corrected chi connectivity index (χ3v) is 2.50. The summed E-state index contributed by atoms with van der Waals surface area (Å²) >= 11 is 0. The predicted molar refractivity (Wildman–Crippen MR) is 62.1 cm³/mol. The molecule has 0 aliphatic rings. The van der Waals surface area contributed by atoms with Gasteiger partial charge in [0.25, 0.3) is 0 Å². The summed E-state index contributed by atoms with van der Waals surface area (Å²) in [6.45, 7) is 2.24. The lowest BCUT2D eigenvalue weighted by Gasteiger charge is -1.98. The summed E-state index contributed by atoms with van der Waals surface area (Å²) in [5.41, 5.74) is 1.62. The Morgan fingerprint density at radius 3 is 2.50 bits per heavy atom. The Labute approximate surface area is 116 Å². The Hall–Kier alpha value is -1.55. The first-order chi connectivity index (χ1) is 8.15. The van der Waals surface area contributed by atoms with Crippen LogP contribution in [0.1, 0.15) is 15.9 Å². The van der Waals surface area contributed by atoms with Gasteiger partial charge in [0.2, 0.25) is 12.3 Å². The quantitative estimate of drug-likeness (QED) is 0.543. The van der Waals surface area contributed by atoms with Crippen molar-refractivity contribution in [1.29, 1.82) is 0 Å². The minimum absolute atomic E-state index is 0. The van der Waals surface area contributed by atoms with Crippen molar-refractivity contribution in [3.05, 3.63) is 65.7 Å². The van der Waals surface area contributed by atoms with E-state index in [-0.39, 0.29) is 35.1 Å². The van der Waals surface area contributed by atoms with Crippen molar-refractivity contribution in [3.8, 4) is 0 Å². The van der Waals surface area contributed by atoms with Crippen molar-refractivity contribution < 1.29 is 30.7 Å². The van der Waals surface area contributed by atoms with E-state index in [2.05, 4.69) is 0 Å². The van der Waals surface area contributed by atoms with E-state index < -0.39 is 0 Å². The molecule has 0 amide bonds. The van der Waals surface area contributed by atoms with Crippen LogP contribution in [0.25, 0.3) is 0 Å². The number of nitrogens with zero attached hydrogens (tertiary/aromatic N) is 1. The molecule has 0 fully saturated rings. The van der Waals surface area contributed by atoms with Crippen LogP contribution in [0.5, 0.6) is 0 Å². The third kappa shape index (κ3) is 3.74. The molecule has 94 valence electrons. The molecule has 0 saturated heterocycles. The van der Waals surface area contributed by atoms with Gasteiger partial charge in [0.15, 0.2) is 12.4 Å². The van der Waals surface area contributed by atoms with E-state index >= 15 is 0 Å². The van der Waals surface area contributed by atoms with Crippen molar-refractivity contribution in [2.75, 3.05) is 0 Å². The Morgan fingerprint density at radius 1 is 1.22 bits per heavy atom. The van der Waals surface area contributed by atoms with Crippen LogP contribution in [0.4, 0.5) is 4.39 Å². The first kappa shape index (κ1) is 14.5. The van der Waals surface area contributed by atoms with Gasteiger partial charge in [0.1, 0.15) is 5.82 Å². The Bertz CT molecular complexity index is 540. The highest BCUT2D eigenvalue weighted by Gasteiger charge is 2.11. The molecule has 0 bridgehead atoms. The van der Waals surface area contributed by atoms with Gasteiger partial charge in [-0.2, -0.15) is 4.57 Å². The topological polar surface area (TPSA) is 20.9 Å². The number of ketones is 1. The van der Waals surface area contributed by atoms with Crippen molar-refractivity contribution in [2.45, 2.75) is 13.5 Å². The maximum atomic E-state index is 12.7. The lowest BCUT2D eigenvalue weighted by atomic mass is 10.1. The van der Waals surface area contributed by atoms with Gasteiger partial charge in [-0.1, -0.05) is 0 Å². The zero-order valence-corrected chi connectivity index (χ0v) is 11.5. The monoisotopic (exact) mass is 309 g/mol. The molecule has 1 aromatic carbocycles. The van der Waals surface area contributed by atoms with Crippen LogP contribution in [0.2, 0.25) is 0 Å². The molecule has 0 aliphatic heterocycles. The van der Waals surface area contributed by atoms with Gasteiger partial charge in [0, 0.05) is 17.2 Å². The van der Waals surface area contributed by atoms with Gasteiger partial charge in [-0.3, -0.25) is 4.79 Å². The minimum atomic E-state index is -0.329. The molecule has 0 aliphatic carbocycles. The lowest BCUT2D eigenvalue weighted by molar-refractivity contribution is -0.683. The molecule has 2 nitrogen and oxygen atoms in total. The fourth-order valence-electron chi connectivity index (χ4n) is 1.64. The van der Waals surface area contributed by atoms with Crippen LogP contribution in [0, 0.1) is 12.7 Å². The smallest absolute Gasteiger partial charge is 0.227 e. The number of carbonyl (C=O) groups excluding carboxylic acids is 1. The van der Waals surface area contributed by atoms with Gasteiger partial charge < -0.3 is 17.0 Å². The minimum Gasteiger partial charge on any atom is -1.00 e. The molecule has 4 heteroatoms. The van der Waals surface area contributed by atoms with Crippen molar-refractivity contribution >= 4 is 5.78 Å². The number of hydrogen-bond acceptors (Lipinski definition) is 1. The number of hydrogen-bond donors (Lipinski definition) is 0. The summed E-state index contributed by atoms with van der Waals surface area (Å²) in [6.07, 6.45) is 3.75. The average molecular weight is 310 g/mol. The van der Waals surface area contributed by atoms with Crippen LogP contribution in [0.15, 0.2) is 48.8 Å². The Balaban J connectivity index is 0.00000162. The summed E-state index contributed by atoms with van der Waals surface area (Å²) in [4.78, 5) is 11.9. The maximum Gasteiger partial charge on any atom is 0.227 e. The Morgan fingerprint density at radius 2 is 1.89 bits per heavy atom. The zero-order valence-electron chi connectivity index (χ0n) is 9.94. The summed E-state index contributed by atoms with van der Waals surface area (Å²) < 4.78 is 14.5. The first-order valence-electron chi connectivity index (χ1n) is 5.39. The summed E-state index contributed by atoms with van der Waals surface area (Å²) in [6, 6.07) is 9.48. The molecule has 0 atom stereocenters. The second-order valence-electron chi connectivity index (χ2n) is 3.98. The fraction of sp³-hybridized carbons (Fsp3) is 0.143.